The van der Waals surface area contributed by atoms with Crippen molar-refractivity contribution in [1.29, 1.82) is 0 Å². The Balaban J connectivity index is 2.40. The van der Waals surface area contributed by atoms with Crippen LogP contribution in [-0.2, 0) is 13.8 Å². The summed E-state index contributed by atoms with van der Waals surface area (Å²) < 4.78 is 15.5. The van der Waals surface area contributed by atoms with Crippen molar-refractivity contribution < 1.29 is 13.8 Å². The minimum Gasteiger partial charge on any atom is -0.373 e. The van der Waals surface area contributed by atoms with E-state index in [-0.39, 0.29) is 12.2 Å². The lowest BCUT2D eigenvalue weighted by molar-refractivity contribution is 0.0302. The number of ether oxygens (including phenoxy) is 1. The molecule has 5 atom stereocenters. The van der Waals surface area contributed by atoms with Crippen LogP contribution < -0.4 is 0 Å². The average Bonchev–Trinajstić information content (AvgIpc) is 2.33. The summed E-state index contributed by atoms with van der Waals surface area (Å²) in [5, 5.41) is 0. The highest BCUT2D eigenvalue weighted by Gasteiger charge is 2.34. The summed E-state index contributed by atoms with van der Waals surface area (Å²) in [4.78, 5) is 0. The lowest BCUT2D eigenvalue weighted by Gasteiger charge is -2.17. The van der Waals surface area contributed by atoms with Gasteiger partial charge in [-0.05, 0) is 0 Å². The quantitative estimate of drug-likeness (QED) is 0.630. The molecule has 0 aromatic heterocycles. The smallest absolute Gasteiger partial charge is 0.108 e. The van der Waals surface area contributed by atoms with E-state index in [0.717, 1.165) is 6.61 Å². The van der Waals surface area contributed by atoms with Gasteiger partial charge < -0.3 is 13.8 Å². The Hall–Kier alpha value is 0.740. The highest BCUT2D eigenvalue weighted by Crippen LogP contribution is 2.25. The van der Waals surface area contributed by atoms with Crippen molar-refractivity contribution in [3.05, 3.63) is 0 Å². The molecule has 0 N–H and O–H groups in total. The van der Waals surface area contributed by atoms with Crippen LogP contribution >= 0.6 is 18.9 Å². The number of hydrogen-bond donors (Lipinski definition) is 0. The van der Waals surface area contributed by atoms with Crippen LogP contribution in [0.4, 0.5) is 0 Å². The molecule has 0 spiro atoms. The van der Waals surface area contributed by atoms with E-state index in [1.807, 2.05) is 0 Å². The molecule has 0 aromatic carbocycles. The van der Waals surface area contributed by atoms with Gasteiger partial charge in [0.15, 0.2) is 0 Å². The van der Waals surface area contributed by atoms with Crippen LogP contribution in [0.15, 0.2) is 0 Å². The largest absolute Gasteiger partial charge is 0.373 e. The molecule has 66 valence electrons. The Bertz CT molecular complexity index is 120. The molecule has 0 saturated carbocycles. The first-order chi connectivity index (χ1) is 5.29. The Labute approximate surface area is 71.7 Å². The second-order valence-corrected chi connectivity index (χ2v) is 3.39. The Morgan fingerprint density at radius 3 is 2.82 bits per heavy atom. The molecule has 0 aromatic rings. The third-order valence-corrected chi connectivity index (χ3v) is 2.42. The Morgan fingerprint density at radius 2 is 2.27 bits per heavy atom. The van der Waals surface area contributed by atoms with E-state index in [4.69, 9.17) is 13.8 Å². The second-order valence-electron chi connectivity index (χ2n) is 2.78. The van der Waals surface area contributed by atoms with Gasteiger partial charge in [0.05, 0.1) is 19.3 Å². The number of hydrogen-bond acceptors (Lipinski definition) is 3. The first-order valence-corrected chi connectivity index (χ1v) is 4.52. The lowest BCUT2D eigenvalue weighted by atomic mass is 10.1. The van der Waals surface area contributed by atoms with Gasteiger partial charge in [0.25, 0.3) is 0 Å². The zero-order valence-corrected chi connectivity index (χ0v) is 8.84. The summed E-state index contributed by atoms with van der Waals surface area (Å²) in [6.07, 6.45) is 0.237. The molecule has 1 rings (SSSR count). The van der Waals surface area contributed by atoms with Crippen molar-refractivity contribution in [2.24, 2.45) is 5.92 Å². The van der Waals surface area contributed by atoms with Crippen molar-refractivity contribution >= 4 is 18.9 Å². The van der Waals surface area contributed by atoms with Crippen molar-refractivity contribution in [1.82, 2.24) is 0 Å². The summed E-state index contributed by atoms with van der Waals surface area (Å²) in [5.74, 6) is 0.456. The molecule has 1 aliphatic rings. The van der Waals surface area contributed by atoms with Gasteiger partial charge in [-0.3, -0.25) is 0 Å². The van der Waals surface area contributed by atoms with Gasteiger partial charge in [0, 0.05) is 24.9 Å². The van der Waals surface area contributed by atoms with Crippen molar-refractivity contribution in [3.63, 3.8) is 0 Å². The lowest BCUT2D eigenvalue weighted by Crippen LogP contribution is -2.28. The molecule has 3 nitrogen and oxygen atoms in total. The molecular weight excluding hydrogens is 182 g/mol. The minimum atomic E-state index is 0.0833. The van der Waals surface area contributed by atoms with Gasteiger partial charge in [0.1, 0.15) is 6.10 Å². The maximum atomic E-state index is 5.43. The maximum absolute atomic E-state index is 5.43. The molecule has 1 fully saturated rings. The molecule has 1 aliphatic heterocycles. The zero-order valence-electron chi connectivity index (χ0n) is 6.53. The SMILES string of the molecule is CC1COC(COP)C1OP. The third-order valence-electron chi connectivity index (χ3n) is 1.92. The molecule has 1 saturated heterocycles. The average molecular weight is 196 g/mol. The summed E-state index contributed by atoms with van der Waals surface area (Å²) in [6.45, 7) is 3.45. The van der Waals surface area contributed by atoms with Crippen molar-refractivity contribution in [2.75, 3.05) is 13.2 Å². The molecule has 5 heteroatoms. The van der Waals surface area contributed by atoms with Crippen LogP contribution in [0.1, 0.15) is 6.92 Å². The summed E-state index contributed by atoms with van der Waals surface area (Å²) in [5.41, 5.74) is 0. The molecule has 11 heavy (non-hydrogen) atoms. The van der Waals surface area contributed by atoms with Crippen LogP contribution in [0.2, 0.25) is 0 Å². The zero-order chi connectivity index (χ0) is 8.27. The maximum Gasteiger partial charge on any atom is 0.108 e. The van der Waals surface area contributed by atoms with E-state index in [9.17, 15) is 0 Å². The molecule has 0 bridgehead atoms. The Morgan fingerprint density at radius 1 is 1.55 bits per heavy atom. The molecule has 1 heterocycles. The highest BCUT2D eigenvalue weighted by atomic mass is 31.0. The fraction of sp³-hybridized carbons (Fsp3) is 1.00. The molecular formula is C6H14O3P2. The topological polar surface area (TPSA) is 27.7 Å². The first kappa shape index (κ1) is 9.83. The van der Waals surface area contributed by atoms with Crippen molar-refractivity contribution in [2.45, 2.75) is 19.1 Å². The van der Waals surface area contributed by atoms with E-state index >= 15 is 0 Å². The van der Waals surface area contributed by atoms with E-state index in [2.05, 4.69) is 25.9 Å². The second kappa shape index (κ2) is 4.69. The standard InChI is InChI=1S/C6H14O3P2/c1-4-2-7-5(3-8-10)6(4)9-11/h4-6H,2-3,10-11H2,1H3. The van der Waals surface area contributed by atoms with E-state index in [0.29, 0.717) is 12.5 Å². The predicted molar refractivity (Wildman–Crippen MR) is 49.1 cm³/mol. The Kier molecular flexibility index (Phi) is 4.19. The van der Waals surface area contributed by atoms with Gasteiger partial charge in [0.2, 0.25) is 0 Å². The first-order valence-electron chi connectivity index (χ1n) is 3.58. The van der Waals surface area contributed by atoms with Gasteiger partial charge in [-0.25, -0.2) is 0 Å². The van der Waals surface area contributed by atoms with E-state index in [1.54, 1.807) is 0 Å². The van der Waals surface area contributed by atoms with Gasteiger partial charge in [-0.15, -0.1) is 0 Å². The van der Waals surface area contributed by atoms with Crippen LogP contribution in [0.5, 0.6) is 0 Å². The van der Waals surface area contributed by atoms with Crippen LogP contribution in [0.3, 0.4) is 0 Å². The summed E-state index contributed by atoms with van der Waals surface area (Å²) in [7, 11) is 4.49. The summed E-state index contributed by atoms with van der Waals surface area (Å²) >= 11 is 0. The van der Waals surface area contributed by atoms with Crippen LogP contribution in [0.25, 0.3) is 0 Å². The summed E-state index contributed by atoms with van der Waals surface area (Å²) in [6, 6.07) is 0. The fourth-order valence-electron chi connectivity index (χ4n) is 1.29. The molecule has 5 unspecified atom stereocenters. The van der Waals surface area contributed by atoms with Gasteiger partial charge >= 0.3 is 0 Å². The van der Waals surface area contributed by atoms with Gasteiger partial charge in [-0.2, -0.15) is 0 Å². The minimum absolute atomic E-state index is 0.0833. The van der Waals surface area contributed by atoms with Crippen molar-refractivity contribution in [3.8, 4) is 0 Å². The monoisotopic (exact) mass is 196 g/mol. The van der Waals surface area contributed by atoms with E-state index in [1.165, 1.54) is 0 Å². The molecule has 0 aliphatic carbocycles. The van der Waals surface area contributed by atoms with Crippen LogP contribution in [-0.4, -0.2) is 25.4 Å². The van der Waals surface area contributed by atoms with E-state index < -0.39 is 0 Å². The molecule has 0 radical (unpaired) electrons. The molecule has 0 amide bonds. The predicted octanol–water partition coefficient (Wildman–Crippen LogP) is 1.00. The number of rotatable bonds is 3. The third kappa shape index (κ3) is 2.34. The highest BCUT2D eigenvalue weighted by molar-refractivity contribution is 7.10. The van der Waals surface area contributed by atoms with Gasteiger partial charge in [-0.1, -0.05) is 6.92 Å². The normalized spacial score (nSPS) is 37.9. The van der Waals surface area contributed by atoms with Crippen LogP contribution in [0, 0.1) is 5.92 Å². The fourth-order valence-corrected chi connectivity index (χ4v) is 1.92.